The minimum Gasteiger partial charge on any atom is -0.497 e. The van der Waals surface area contributed by atoms with Crippen molar-refractivity contribution in [1.82, 2.24) is 0 Å². The second-order valence-electron chi connectivity index (χ2n) is 7.09. The number of anilines is 1. The molecule has 2 fully saturated rings. The lowest BCUT2D eigenvalue weighted by molar-refractivity contribution is -0.122. The number of amides is 1. The first-order valence-corrected chi connectivity index (χ1v) is 8.86. The third-order valence-corrected chi connectivity index (χ3v) is 5.67. The molecule has 0 spiro atoms. The first kappa shape index (κ1) is 20.5. The van der Waals surface area contributed by atoms with Crippen molar-refractivity contribution in [2.24, 2.45) is 23.5 Å². The molecule has 26 heavy (non-hydrogen) atoms. The Labute approximate surface area is 160 Å². The quantitative estimate of drug-likeness (QED) is 0.781. The number of benzene rings is 1. The van der Waals surface area contributed by atoms with Crippen LogP contribution >= 0.6 is 12.4 Å². The number of nitrogens with one attached hydrogen (secondary N) is 1. The lowest BCUT2D eigenvalue weighted by atomic mass is 9.65. The number of carbonyl (C=O) groups excluding carboxylic acids is 2. The van der Waals surface area contributed by atoms with Crippen LogP contribution < -0.4 is 15.8 Å². The highest BCUT2D eigenvalue weighted by atomic mass is 35.5. The van der Waals surface area contributed by atoms with Crippen LogP contribution in [0.15, 0.2) is 18.2 Å². The van der Waals surface area contributed by atoms with E-state index in [-0.39, 0.29) is 30.3 Å². The van der Waals surface area contributed by atoms with Gasteiger partial charge in [0, 0.05) is 12.0 Å². The largest absolute Gasteiger partial charge is 0.497 e. The van der Waals surface area contributed by atoms with E-state index in [9.17, 15) is 9.59 Å². The predicted octanol–water partition coefficient (Wildman–Crippen LogP) is 3.00. The number of nitrogens with two attached hydrogens (primary N) is 1. The van der Waals surface area contributed by atoms with Gasteiger partial charge >= 0.3 is 5.97 Å². The van der Waals surface area contributed by atoms with Gasteiger partial charge in [0.05, 0.1) is 25.5 Å². The van der Waals surface area contributed by atoms with Crippen LogP contribution in [-0.2, 0) is 9.53 Å². The highest BCUT2D eigenvalue weighted by molar-refractivity contribution is 6.02. The Hall–Kier alpha value is -1.79. The van der Waals surface area contributed by atoms with Crippen molar-refractivity contribution in [3.8, 4) is 5.75 Å². The summed E-state index contributed by atoms with van der Waals surface area (Å²) >= 11 is 0. The fourth-order valence-corrected chi connectivity index (χ4v) is 4.28. The normalized spacial score (nSPS) is 27.0. The predicted molar refractivity (Wildman–Crippen MR) is 102 cm³/mol. The van der Waals surface area contributed by atoms with E-state index < -0.39 is 5.97 Å². The second-order valence-corrected chi connectivity index (χ2v) is 7.09. The number of hydrogen-bond acceptors (Lipinski definition) is 5. The number of fused-ring (bicyclic) bond motifs is 2. The van der Waals surface area contributed by atoms with E-state index >= 15 is 0 Å². The summed E-state index contributed by atoms with van der Waals surface area (Å²) in [6.07, 6.45) is 5.08. The van der Waals surface area contributed by atoms with Gasteiger partial charge in [-0.15, -0.1) is 12.4 Å². The zero-order valence-corrected chi connectivity index (χ0v) is 16.0. The Kier molecular flexibility index (Phi) is 6.89. The zero-order chi connectivity index (χ0) is 18.0. The molecule has 1 aromatic rings. The summed E-state index contributed by atoms with van der Waals surface area (Å²) in [4.78, 5) is 24.8. The Morgan fingerprint density at radius 3 is 2.38 bits per heavy atom. The van der Waals surface area contributed by atoms with E-state index in [2.05, 4.69) is 5.32 Å². The van der Waals surface area contributed by atoms with Crippen LogP contribution in [0.3, 0.4) is 0 Å². The van der Waals surface area contributed by atoms with E-state index in [1.165, 1.54) is 20.6 Å². The van der Waals surface area contributed by atoms with Crippen LogP contribution in [0.4, 0.5) is 5.69 Å². The molecule has 3 N–H and O–H groups in total. The van der Waals surface area contributed by atoms with Crippen molar-refractivity contribution in [1.29, 1.82) is 0 Å². The highest BCUT2D eigenvalue weighted by Crippen LogP contribution is 2.42. The molecule has 0 aromatic heterocycles. The highest BCUT2D eigenvalue weighted by Gasteiger charge is 2.40. The van der Waals surface area contributed by atoms with Crippen molar-refractivity contribution >= 4 is 30.0 Å². The molecule has 3 rings (SSSR count). The molecule has 2 atom stereocenters. The SMILES string of the molecule is COC(=O)c1cc(OC)ccc1NC(=O)C1CC2CCCC(C1)C2N.Cl. The average Bonchev–Trinajstić information content (AvgIpc) is 2.61. The number of rotatable bonds is 4. The maximum atomic E-state index is 12.8. The third-order valence-electron chi connectivity index (χ3n) is 5.67. The van der Waals surface area contributed by atoms with Crippen LogP contribution in [0.1, 0.15) is 42.5 Å². The standard InChI is InChI=1S/C19H26N2O4.ClH/c1-24-14-6-7-16(15(10-14)19(23)25-2)21-18(22)13-8-11-4-3-5-12(9-13)17(11)20;/h6-7,10-13,17H,3-5,8-9,20H2,1-2H3,(H,21,22);1H. The molecule has 0 heterocycles. The number of hydrogen-bond donors (Lipinski definition) is 2. The number of halogens is 1. The minimum absolute atomic E-state index is 0. The van der Waals surface area contributed by atoms with Gasteiger partial charge in [-0.3, -0.25) is 4.79 Å². The first-order valence-electron chi connectivity index (χ1n) is 8.86. The van der Waals surface area contributed by atoms with Crippen molar-refractivity contribution in [2.45, 2.75) is 38.1 Å². The van der Waals surface area contributed by atoms with E-state index in [1.54, 1.807) is 18.2 Å². The molecule has 0 aliphatic heterocycles. The first-order chi connectivity index (χ1) is 12.0. The summed E-state index contributed by atoms with van der Waals surface area (Å²) < 4.78 is 9.97. The van der Waals surface area contributed by atoms with Crippen molar-refractivity contribution < 1.29 is 19.1 Å². The molecular weight excluding hydrogens is 356 g/mol. The smallest absolute Gasteiger partial charge is 0.340 e. The van der Waals surface area contributed by atoms with Gasteiger partial charge in [0.25, 0.3) is 0 Å². The minimum atomic E-state index is -0.503. The maximum Gasteiger partial charge on any atom is 0.340 e. The molecule has 1 aromatic carbocycles. The summed E-state index contributed by atoms with van der Waals surface area (Å²) in [5, 5.41) is 2.91. The van der Waals surface area contributed by atoms with E-state index in [0.29, 0.717) is 28.8 Å². The molecule has 0 radical (unpaired) electrons. The Balaban J connectivity index is 0.00000243. The molecule has 144 valence electrons. The van der Waals surface area contributed by atoms with Gasteiger partial charge in [0.2, 0.25) is 5.91 Å². The maximum absolute atomic E-state index is 12.8. The Morgan fingerprint density at radius 2 is 1.81 bits per heavy atom. The number of ether oxygens (including phenoxy) is 2. The summed E-state index contributed by atoms with van der Waals surface area (Å²) in [5.74, 6) is 0.800. The number of methoxy groups -OCH3 is 2. The molecule has 0 saturated heterocycles. The average molecular weight is 383 g/mol. The Bertz CT molecular complexity index is 653. The van der Waals surface area contributed by atoms with E-state index in [4.69, 9.17) is 15.2 Å². The summed E-state index contributed by atoms with van der Waals surface area (Å²) in [7, 11) is 2.84. The lowest BCUT2D eigenvalue weighted by Gasteiger charge is -2.43. The molecule has 2 aliphatic rings. The molecule has 2 unspecified atom stereocenters. The van der Waals surface area contributed by atoms with Gasteiger partial charge in [-0.1, -0.05) is 6.42 Å². The topological polar surface area (TPSA) is 90.6 Å². The Morgan fingerprint density at radius 1 is 1.15 bits per heavy atom. The summed E-state index contributed by atoms with van der Waals surface area (Å²) in [5.41, 5.74) is 7.06. The van der Waals surface area contributed by atoms with E-state index in [0.717, 1.165) is 25.7 Å². The van der Waals surface area contributed by atoms with Crippen LogP contribution in [-0.4, -0.2) is 32.1 Å². The van der Waals surface area contributed by atoms with Gasteiger partial charge in [-0.25, -0.2) is 4.79 Å². The van der Waals surface area contributed by atoms with Gasteiger partial charge in [0.1, 0.15) is 5.75 Å². The molecule has 2 bridgehead atoms. The monoisotopic (exact) mass is 382 g/mol. The zero-order valence-electron chi connectivity index (χ0n) is 15.2. The van der Waals surface area contributed by atoms with Crippen molar-refractivity contribution in [3.63, 3.8) is 0 Å². The molecule has 6 nitrogen and oxygen atoms in total. The molecule has 7 heteroatoms. The van der Waals surface area contributed by atoms with Gasteiger partial charge < -0.3 is 20.5 Å². The summed E-state index contributed by atoms with van der Waals surface area (Å²) in [6, 6.07) is 5.20. The van der Waals surface area contributed by atoms with Gasteiger partial charge in [0.15, 0.2) is 0 Å². The van der Waals surface area contributed by atoms with Crippen LogP contribution in [0.2, 0.25) is 0 Å². The molecular formula is C19H27ClN2O4. The molecule has 2 aliphatic carbocycles. The molecule has 2 saturated carbocycles. The third kappa shape index (κ3) is 4.13. The number of esters is 1. The fraction of sp³-hybridized carbons (Fsp3) is 0.579. The lowest BCUT2D eigenvalue weighted by Crippen LogP contribution is -2.48. The second kappa shape index (κ2) is 8.73. The number of carbonyl (C=O) groups is 2. The molecule has 1 amide bonds. The van der Waals surface area contributed by atoms with Crippen LogP contribution in [0, 0.1) is 17.8 Å². The van der Waals surface area contributed by atoms with Gasteiger partial charge in [-0.2, -0.15) is 0 Å². The van der Waals surface area contributed by atoms with Crippen molar-refractivity contribution in [2.75, 3.05) is 19.5 Å². The van der Waals surface area contributed by atoms with Crippen LogP contribution in [0.5, 0.6) is 5.75 Å². The van der Waals surface area contributed by atoms with Gasteiger partial charge in [-0.05, 0) is 55.7 Å². The summed E-state index contributed by atoms with van der Waals surface area (Å²) in [6.45, 7) is 0. The van der Waals surface area contributed by atoms with Crippen molar-refractivity contribution in [3.05, 3.63) is 23.8 Å². The fourth-order valence-electron chi connectivity index (χ4n) is 4.28. The van der Waals surface area contributed by atoms with Crippen LogP contribution in [0.25, 0.3) is 0 Å². The van der Waals surface area contributed by atoms with E-state index in [1.807, 2.05) is 0 Å².